The van der Waals surface area contributed by atoms with Gasteiger partial charge in [-0.1, -0.05) is 18.2 Å². The van der Waals surface area contributed by atoms with Crippen molar-refractivity contribution in [3.63, 3.8) is 0 Å². The fraction of sp³-hybridized carbons (Fsp3) is 0.467. The summed E-state index contributed by atoms with van der Waals surface area (Å²) in [5.41, 5.74) is 1.75. The molecular formula is C15H21N3O2S. The molecular weight excluding hydrogens is 286 g/mol. The average Bonchev–Trinajstić information content (AvgIpc) is 2.72. The van der Waals surface area contributed by atoms with Gasteiger partial charge < -0.3 is 9.88 Å². The highest BCUT2D eigenvalue weighted by Gasteiger charge is 2.34. The molecule has 1 aromatic heterocycles. The molecule has 0 radical (unpaired) electrons. The van der Waals surface area contributed by atoms with Crippen molar-refractivity contribution in [2.45, 2.75) is 24.8 Å². The second kappa shape index (κ2) is 5.12. The van der Waals surface area contributed by atoms with Crippen LogP contribution in [0.25, 0.3) is 10.9 Å². The van der Waals surface area contributed by atoms with Crippen molar-refractivity contribution in [3.8, 4) is 0 Å². The molecule has 2 heterocycles. The SMILES string of the molecule is Cc1c(S(=O)(=O)N2CCNC[C@@H]2C)c2ccccc2n1C. The molecule has 0 unspecified atom stereocenters. The molecule has 0 aliphatic carbocycles. The molecule has 5 nitrogen and oxygen atoms in total. The lowest BCUT2D eigenvalue weighted by Gasteiger charge is -2.32. The van der Waals surface area contributed by atoms with Crippen LogP contribution in [-0.4, -0.2) is 43.0 Å². The van der Waals surface area contributed by atoms with Gasteiger partial charge in [0.15, 0.2) is 0 Å². The van der Waals surface area contributed by atoms with Crippen LogP contribution in [0.2, 0.25) is 0 Å². The van der Waals surface area contributed by atoms with Crippen molar-refractivity contribution >= 4 is 20.9 Å². The molecule has 1 aliphatic heterocycles. The minimum Gasteiger partial charge on any atom is -0.347 e. The third-order valence-electron chi connectivity index (χ3n) is 4.35. The van der Waals surface area contributed by atoms with E-state index in [4.69, 9.17) is 0 Å². The number of sulfonamides is 1. The van der Waals surface area contributed by atoms with E-state index < -0.39 is 10.0 Å². The number of aryl methyl sites for hydroxylation is 1. The van der Waals surface area contributed by atoms with Crippen molar-refractivity contribution in [1.29, 1.82) is 0 Å². The smallest absolute Gasteiger partial charge is 0.245 e. The number of nitrogens with zero attached hydrogens (tertiary/aromatic N) is 2. The minimum absolute atomic E-state index is 0.0258. The van der Waals surface area contributed by atoms with Gasteiger partial charge in [0.2, 0.25) is 10.0 Å². The number of rotatable bonds is 2. The molecule has 1 saturated heterocycles. The number of aromatic nitrogens is 1. The van der Waals surface area contributed by atoms with Gasteiger partial charge in [-0.2, -0.15) is 4.31 Å². The number of nitrogens with one attached hydrogen (secondary N) is 1. The zero-order valence-electron chi connectivity index (χ0n) is 12.6. The summed E-state index contributed by atoms with van der Waals surface area (Å²) in [4.78, 5) is 0.453. The van der Waals surface area contributed by atoms with Gasteiger partial charge in [-0.05, 0) is 19.9 Å². The zero-order valence-corrected chi connectivity index (χ0v) is 13.4. The maximum Gasteiger partial charge on any atom is 0.245 e. The minimum atomic E-state index is -3.48. The maximum atomic E-state index is 13.1. The summed E-state index contributed by atoms with van der Waals surface area (Å²) in [5.74, 6) is 0. The Morgan fingerprint density at radius 2 is 2.00 bits per heavy atom. The van der Waals surface area contributed by atoms with E-state index in [0.717, 1.165) is 16.6 Å². The first-order chi connectivity index (χ1) is 9.94. The van der Waals surface area contributed by atoms with Gasteiger partial charge >= 0.3 is 0 Å². The molecule has 1 aromatic carbocycles. The molecule has 0 bridgehead atoms. The highest BCUT2D eigenvalue weighted by atomic mass is 32.2. The summed E-state index contributed by atoms with van der Waals surface area (Å²) in [5, 5.41) is 4.04. The summed E-state index contributed by atoms with van der Waals surface area (Å²) < 4.78 is 29.8. The predicted octanol–water partition coefficient (Wildman–Crippen LogP) is 1.47. The molecule has 0 saturated carbocycles. The second-order valence-electron chi connectivity index (χ2n) is 5.66. The Hall–Kier alpha value is -1.37. The van der Waals surface area contributed by atoms with Crippen LogP contribution < -0.4 is 5.32 Å². The lowest BCUT2D eigenvalue weighted by Crippen LogP contribution is -2.52. The standard InChI is InChI=1S/C15H21N3O2S/c1-11-10-16-8-9-18(11)21(19,20)15-12(2)17(3)14-7-5-4-6-13(14)15/h4-7,11,16H,8-10H2,1-3H3/t11-/m0/s1. The van der Waals surface area contributed by atoms with Crippen LogP contribution in [0.5, 0.6) is 0 Å². The third-order valence-corrected chi connectivity index (χ3v) is 6.54. The molecule has 114 valence electrons. The molecule has 1 N–H and O–H groups in total. The zero-order chi connectivity index (χ0) is 15.2. The normalized spacial score (nSPS) is 21.0. The van der Waals surface area contributed by atoms with Crippen LogP contribution >= 0.6 is 0 Å². The fourth-order valence-corrected chi connectivity index (χ4v) is 5.18. The first-order valence-corrected chi connectivity index (χ1v) is 8.65. The number of hydrogen-bond acceptors (Lipinski definition) is 3. The van der Waals surface area contributed by atoms with Crippen LogP contribution in [0.4, 0.5) is 0 Å². The van der Waals surface area contributed by atoms with Crippen molar-refractivity contribution in [2.75, 3.05) is 19.6 Å². The summed E-state index contributed by atoms with van der Waals surface area (Å²) in [7, 11) is -1.56. The second-order valence-corrected chi connectivity index (χ2v) is 7.49. The van der Waals surface area contributed by atoms with E-state index in [9.17, 15) is 8.42 Å². The van der Waals surface area contributed by atoms with E-state index in [0.29, 0.717) is 24.5 Å². The van der Waals surface area contributed by atoms with E-state index in [2.05, 4.69) is 5.32 Å². The molecule has 1 aliphatic rings. The lowest BCUT2D eigenvalue weighted by atomic mass is 10.2. The Morgan fingerprint density at radius 1 is 1.29 bits per heavy atom. The molecule has 1 atom stereocenters. The Balaban J connectivity index is 2.22. The van der Waals surface area contributed by atoms with Crippen LogP contribution in [0, 0.1) is 6.92 Å². The maximum absolute atomic E-state index is 13.1. The van der Waals surface area contributed by atoms with Gasteiger partial charge in [0.1, 0.15) is 4.90 Å². The topological polar surface area (TPSA) is 54.3 Å². The highest BCUT2D eigenvalue weighted by molar-refractivity contribution is 7.89. The van der Waals surface area contributed by atoms with Crippen molar-refractivity contribution < 1.29 is 8.42 Å². The van der Waals surface area contributed by atoms with E-state index in [1.807, 2.05) is 49.7 Å². The van der Waals surface area contributed by atoms with Gasteiger partial charge in [0.25, 0.3) is 0 Å². The summed E-state index contributed by atoms with van der Waals surface area (Å²) in [6.45, 7) is 5.74. The highest BCUT2D eigenvalue weighted by Crippen LogP contribution is 2.32. The first-order valence-electron chi connectivity index (χ1n) is 7.21. The average molecular weight is 307 g/mol. The molecule has 6 heteroatoms. The van der Waals surface area contributed by atoms with Crippen molar-refractivity contribution in [3.05, 3.63) is 30.0 Å². The van der Waals surface area contributed by atoms with Crippen LogP contribution in [-0.2, 0) is 17.1 Å². The van der Waals surface area contributed by atoms with Gasteiger partial charge in [-0.25, -0.2) is 8.42 Å². The van der Waals surface area contributed by atoms with E-state index in [1.54, 1.807) is 4.31 Å². The fourth-order valence-electron chi connectivity index (χ4n) is 3.11. The van der Waals surface area contributed by atoms with Crippen LogP contribution in [0.1, 0.15) is 12.6 Å². The van der Waals surface area contributed by atoms with Crippen molar-refractivity contribution in [1.82, 2.24) is 14.2 Å². The summed E-state index contributed by atoms with van der Waals surface area (Å²) in [6.07, 6.45) is 0. The van der Waals surface area contributed by atoms with E-state index in [-0.39, 0.29) is 6.04 Å². The molecule has 0 amide bonds. The first kappa shape index (κ1) is 14.6. The number of piperazine rings is 1. The third kappa shape index (κ3) is 2.18. The van der Waals surface area contributed by atoms with E-state index >= 15 is 0 Å². The Bertz CT molecular complexity index is 780. The molecule has 0 spiro atoms. The quantitative estimate of drug-likeness (QED) is 0.914. The Kier molecular flexibility index (Phi) is 3.55. The van der Waals surface area contributed by atoms with Gasteiger partial charge in [0.05, 0.1) is 0 Å². The number of benzene rings is 1. The number of fused-ring (bicyclic) bond motifs is 1. The summed E-state index contributed by atoms with van der Waals surface area (Å²) >= 11 is 0. The number of para-hydroxylation sites is 1. The Labute approximate surface area is 125 Å². The summed E-state index contributed by atoms with van der Waals surface area (Å²) in [6, 6.07) is 7.65. The lowest BCUT2D eigenvalue weighted by molar-refractivity contribution is 0.284. The monoisotopic (exact) mass is 307 g/mol. The van der Waals surface area contributed by atoms with Crippen molar-refractivity contribution in [2.24, 2.45) is 7.05 Å². The largest absolute Gasteiger partial charge is 0.347 e. The van der Waals surface area contributed by atoms with Crippen LogP contribution in [0.15, 0.2) is 29.2 Å². The molecule has 3 rings (SSSR count). The molecule has 2 aromatic rings. The van der Waals surface area contributed by atoms with E-state index in [1.165, 1.54) is 0 Å². The number of hydrogen-bond donors (Lipinski definition) is 1. The molecule has 21 heavy (non-hydrogen) atoms. The van der Waals surface area contributed by atoms with Crippen LogP contribution in [0.3, 0.4) is 0 Å². The van der Waals surface area contributed by atoms with Gasteiger partial charge in [0, 0.05) is 49.3 Å². The van der Waals surface area contributed by atoms with Gasteiger partial charge in [-0.3, -0.25) is 0 Å². The van der Waals surface area contributed by atoms with Gasteiger partial charge in [-0.15, -0.1) is 0 Å². The predicted molar refractivity (Wildman–Crippen MR) is 83.9 cm³/mol. The molecule has 1 fully saturated rings. The Morgan fingerprint density at radius 3 is 2.71 bits per heavy atom.